The molecular weight excluding hydrogens is 402 g/mol. The molecule has 0 spiro atoms. The number of benzene rings is 2. The minimum absolute atomic E-state index is 0.115. The molecule has 0 aromatic heterocycles. The molecule has 1 unspecified atom stereocenters. The van der Waals surface area contributed by atoms with Crippen molar-refractivity contribution in [3.63, 3.8) is 0 Å². The Balaban J connectivity index is 1.63. The second-order valence-electron chi connectivity index (χ2n) is 8.99. The van der Waals surface area contributed by atoms with Crippen molar-refractivity contribution in [2.45, 2.75) is 64.0 Å². The van der Waals surface area contributed by atoms with Crippen molar-refractivity contribution >= 4 is 17.8 Å². The van der Waals surface area contributed by atoms with E-state index >= 15 is 0 Å². The van der Waals surface area contributed by atoms with Crippen LogP contribution in [0.25, 0.3) is 0 Å². The van der Waals surface area contributed by atoms with Crippen LogP contribution in [0.15, 0.2) is 48.5 Å². The van der Waals surface area contributed by atoms with E-state index in [1.54, 1.807) is 0 Å². The van der Waals surface area contributed by atoms with Crippen molar-refractivity contribution < 1.29 is 14.4 Å². The molecule has 1 heterocycles. The van der Waals surface area contributed by atoms with Gasteiger partial charge >= 0.3 is 6.03 Å². The summed E-state index contributed by atoms with van der Waals surface area (Å²) in [6.45, 7) is 3.71. The monoisotopic (exact) mass is 433 g/mol. The van der Waals surface area contributed by atoms with Gasteiger partial charge in [-0.25, -0.2) is 4.79 Å². The molecular formula is C26H31N3O3. The largest absolute Gasteiger partial charge is 0.352 e. The van der Waals surface area contributed by atoms with E-state index < -0.39 is 17.5 Å². The third-order valence-electron chi connectivity index (χ3n) is 6.77. The summed E-state index contributed by atoms with van der Waals surface area (Å²) in [6.07, 6.45) is 6.46. The number of nitrogens with one attached hydrogen (secondary N) is 2. The lowest BCUT2D eigenvalue weighted by Gasteiger charge is -2.28. The van der Waals surface area contributed by atoms with Gasteiger partial charge in [-0.3, -0.25) is 14.5 Å². The van der Waals surface area contributed by atoms with E-state index in [9.17, 15) is 14.4 Å². The molecule has 1 atom stereocenters. The van der Waals surface area contributed by atoms with Crippen molar-refractivity contribution in [3.05, 3.63) is 70.8 Å². The maximum atomic E-state index is 13.8. The fraction of sp³-hybridized carbons (Fsp3) is 0.423. The Morgan fingerprint density at radius 3 is 2.31 bits per heavy atom. The first-order chi connectivity index (χ1) is 15.4. The van der Waals surface area contributed by atoms with Gasteiger partial charge in [0.05, 0.1) is 0 Å². The smallest absolute Gasteiger partial charge is 0.326 e. The average Bonchev–Trinajstić information content (AvgIpc) is 2.94. The second-order valence-corrected chi connectivity index (χ2v) is 8.99. The van der Waals surface area contributed by atoms with Gasteiger partial charge in [0.25, 0.3) is 5.91 Å². The lowest BCUT2D eigenvalue weighted by molar-refractivity contribution is -0.134. The maximum absolute atomic E-state index is 13.8. The summed E-state index contributed by atoms with van der Waals surface area (Å²) in [5.74, 6) is -0.711. The van der Waals surface area contributed by atoms with Crippen LogP contribution < -0.4 is 10.6 Å². The van der Waals surface area contributed by atoms with Gasteiger partial charge in [0, 0.05) is 6.04 Å². The number of amides is 4. The van der Waals surface area contributed by atoms with E-state index in [1.165, 1.54) is 12.8 Å². The highest BCUT2D eigenvalue weighted by atomic mass is 16.2. The molecule has 1 aliphatic heterocycles. The predicted molar refractivity (Wildman–Crippen MR) is 123 cm³/mol. The number of imide groups is 1. The molecule has 6 heteroatoms. The molecule has 1 aliphatic carbocycles. The fourth-order valence-corrected chi connectivity index (χ4v) is 4.78. The first-order valence-corrected chi connectivity index (χ1v) is 11.5. The maximum Gasteiger partial charge on any atom is 0.326 e. The van der Waals surface area contributed by atoms with Crippen LogP contribution in [-0.4, -0.2) is 35.3 Å². The number of carbonyl (C=O) groups is 3. The SMILES string of the molecule is Cc1ccc(C2(c3ccccc3)NC(=O)N(CC(=O)NC3CCCCCC3)C2=O)cc1C. The van der Waals surface area contributed by atoms with Gasteiger partial charge in [-0.15, -0.1) is 0 Å². The van der Waals surface area contributed by atoms with Crippen molar-refractivity contribution in [2.24, 2.45) is 0 Å². The molecule has 4 rings (SSSR count). The van der Waals surface area contributed by atoms with Crippen LogP contribution in [-0.2, 0) is 15.1 Å². The van der Waals surface area contributed by atoms with Crippen LogP contribution in [0.4, 0.5) is 4.79 Å². The molecule has 2 N–H and O–H groups in total. The second kappa shape index (κ2) is 9.15. The summed E-state index contributed by atoms with van der Waals surface area (Å²) in [6, 6.07) is 14.6. The number of rotatable bonds is 5. The Morgan fingerprint density at radius 2 is 1.66 bits per heavy atom. The van der Waals surface area contributed by atoms with Crippen LogP contribution in [0.5, 0.6) is 0 Å². The molecule has 2 aromatic rings. The fourth-order valence-electron chi connectivity index (χ4n) is 4.78. The van der Waals surface area contributed by atoms with E-state index in [0.29, 0.717) is 11.1 Å². The molecule has 1 saturated carbocycles. The van der Waals surface area contributed by atoms with Crippen LogP contribution in [0.1, 0.15) is 60.8 Å². The lowest BCUT2D eigenvalue weighted by Crippen LogP contribution is -2.47. The van der Waals surface area contributed by atoms with Gasteiger partial charge in [-0.05, 0) is 48.9 Å². The molecule has 2 aliphatic rings. The highest BCUT2D eigenvalue weighted by Crippen LogP contribution is 2.36. The Bertz CT molecular complexity index is 1010. The van der Waals surface area contributed by atoms with Crippen LogP contribution in [0, 0.1) is 13.8 Å². The number of nitrogens with zero attached hydrogens (tertiary/aromatic N) is 1. The molecule has 6 nitrogen and oxygen atoms in total. The Kier molecular flexibility index (Phi) is 6.31. The van der Waals surface area contributed by atoms with Crippen molar-refractivity contribution in [2.75, 3.05) is 6.54 Å². The quantitative estimate of drug-likeness (QED) is 0.554. The number of carbonyl (C=O) groups excluding carboxylic acids is 3. The van der Waals surface area contributed by atoms with Crippen molar-refractivity contribution in [3.8, 4) is 0 Å². The van der Waals surface area contributed by atoms with Gasteiger partial charge < -0.3 is 10.6 Å². The normalized spacial score (nSPS) is 21.9. The topological polar surface area (TPSA) is 78.5 Å². The molecule has 2 aromatic carbocycles. The molecule has 4 amide bonds. The average molecular weight is 434 g/mol. The molecule has 168 valence electrons. The van der Waals surface area contributed by atoms with Crippen LogP contribution in [0.3, 0.4) is 0 Å². The third kappa shape index (κ3) is 4.14. The summed E-state index contributed by atoms with van der Waals surface area (Å²) in [5.41, 5.74) is 2.15. The predicted octanol–water partition coefficient (Wildman–Crippen LogP) is 3.94. The summed E-state index contributed by atoms with van der Waals surface area (Å²) >= 11 is 0. The minimum Gasteiger partial charge on any atom is -0.352 e. The van der Waals surface area contributed by atoms with E-state index in [-0.39, 0.29) is 18.5 Å². The number of hydrogen-bond donors (Lipinski definition) is 2. The van der Waals surface area contributed by atoms with Gasteiger partial charge in [0.2, 0.25) is 5.91 Å². The third-order valence-corrected chi connectivity index (χ3v) is 6.77. The zero-order valence-corrected chi connectivity index (χ0v) is 18.8. The Labute approximate surface area is 189 Å². The van der Waals surface area contributed by atoms with E-state index in [0.717, 1.165) is 41.7 Å². The zero-order chi connectivity index (χ0) is 22.7. The van der Waals surface area contributed by atoms with Crippen molar-refractivity contribution in [1.29, 1.82) is 0 Å². The number of hydrogen-bond acceptors (Lipinski definition) is 3. The van der Waals surface area contributed by atoms with E-state index in [4.69, 9.17) is 0 Å². The van der Waals surface area contributed by atoms with E-state index in [1.807, 2.05) is 62.4 Å². The highest BCUT2D eigenvalue weighted by molar-refractivity contribution is 6.11. The highest BCUT2D eigenvalue weighted by Gasteiger charge is 2.54. The summed E-state index contributed by atoms with van der Waals surface area (Å²) in [7, 11) is 0. The molecule has 32 heavy (non-hydrogen) atoms. The van der Waals surface area contributed by atoms with Gasteiger partial charge in [0.15, 0.2) is 5.54 Å². The minimum atomic E-state index is -1.35. The Morgan fingerprint density at radius 1 is 0.969 bits per heavy atom. The van der Waals surface area contributed by atoms with Gasteiger partial charge in [0.1, 0.15) is 6.54 Å². The summed E-state index contributed by atoms with van der Waals surface area (Å²) < 4.78 is 0. The van der Waals surface area contributed by atoms with Crippen LogP contribution >= 0.6 is 0 Å². The standard InChI is InChI=1S/C26H31N3O3/c1-18-14-15-21(16-19(18)2)26(20-10-6-5-7-11-20)24(31)29(25(32)28-26)17-23(30)27-22-12-8-3-4-9-13-22/h5-7,10-11,14-16,22H,3-4,8-9,12-13,17H2,1-2H3,(H,27,30)(H,28,32). The molecule has 1 saturated heterocycles. The van der Waals surface area contributed by atoms with Crippen molar-refractivity contribution in [1.82, 2.24) is 15.5 Å². The molecule has 0 bridgehead atoms. The number of urea groups is 1. The number of aryl methyl sites for hydroxylation is 2. The Hall–Kier alpha value is -3.15. The summed E-state index contributed by atoms with van der Waals surface area (Å²) in [5, 5.41) is 5.96. The lowest BCUT2D eigenvalue weighted by atomic mass is 9.81. The molecule has 0 radical (unpaired) electrons. The van der Waals surface area contributed by atoms with E-state index in [2.05, 4.69) is 10.6 Å². The first-order valence-electron chi connectivity index (χ1n) is 11.5. The molecule has 2 fully saturated rings. The van der Waals surface area contributed by atoms with Gasteiger partial charge in [-0.1, -0.05) is 74.2 Å². The van der Waals surface area contributed by atoms with Crippen LogP contribution in [0.2, 0.25) is 0 Å². The summed E-state index contributed by atoms with van der Waals surface area (Å²) in [4.78, 5) is 40.6. The zero-order valence-electron chi connectivity index (χ0n) is 18.8. The first kappa shape index (κ1) is 22.1. The van der Waals surface area contributed by atoms with Gasteiger partial charge in [-0.2, -0.15) is 0 Å².